The summed E-state index contributed by atoms with van der Waals surface area (Å²) in [6, 6.07) is 7.06. The van der Waals surface area contributed by atoms with Crippen molar-refractivity contribution in [1.29, 1.82) is 0 Å². The molecular formula is C31H49KN7O5-. The van der Waals surface area contributed by atoms with E-state index in [2.05, 4.69) is 26.5 Å². The molecule has 3 rings (SSSR count). The first kappa shape index (κ1) is 38.3. The average molecular weight is 641 g/mol. The van der Waals surface area contributed by atoms with Crippen molar-refractivity contribution in [2.24, 2.45) is 22.9 Å². The second kappa shape index (κ2) is 19.6. The number of nitrogens with zero attached hydrogens (tertiary/aromatic N) is 2. The fourth-order valence-corrected chi connectivity index (χ4v) is 5.48. The zero-order valence-corrected chi connectivity index (χ0v) is 29.9. The van der Waals surface area contributed by atoms with E-state index in [4.69, 9.17) is 10.5 Å². The minimum Gasteiger partial charge on any atom is -1.00 e. The number of carbonyl (C=O) groups excluding carboxylic acids is 4. The Hall–Kier alpha value is -1.87. The molecule has 1 saturated heterocycles. The van der Waals surface area contributed by atoms with Crippen LogP contribution >= 0.6 is 0 Å². The molecule has 5 N–H and O–H groups in total. The van der Waals surface area contributed by atoms with E-state index in [1.54, 1.807) is 7.05 Å². The van der Waals surface area contributed by atoms with E-state index in [9.17, 15) is 19.2 Å². The molecule has 1 heterocycles. The van der Waals surface area contributed by atoms with Crippen LogP contribution in [-0.2, 0) is 25.7 Å². The number of hydrogen-bond donors (Lipinski definition) is 4. The van der Waals surface area contributed by atoms with E-state index in [1.807, 2.05) is 51.1 Å². The summed E-state index contributed by atoms with van der Waals surface area (Å²) in [4.78, 5) is 52.1. The summed E-state index contributed by atoms with van der Waals surface area (Å²) < 4.78 is 6.07. The number of hydrazone groups is 1. The Morgan fingerprint density at radius 1 is 1.11 bits per heavy atom. The zero-order valence-electron chi connectivity index (χ0n) is 27.8. The predicted molar refractivity (Wildman–Crippen MR) is 166 cm³/mol. The Morgan fingerprint density at radius 3 is 2.41 bits per heavy atom. The molecule has 0 aromatic heterocycles. The normalized spacial score (nSPS) is 23.0. The summed E-state index contributed by atoms with van der Waals surface area (Å²) in [6.07, 6.45) is 5.37. The van der Waals surface area contributed by atoms with Gasteiger partial charge in [0.25, 0.3) is 0 Å². The van der Waals surface area contributed by atoms with Crippen molar-refractivity contribution in [1.82, 2.24) is 26.3 Å². The molecule has 12 nitrogen and oxygen atoms in total. The number of benzene rings is 1. The molecule has 1 aliphatic heterocycles. The Morgan fingerprint density at radius 2 is 1.80 bits per heavy atom. The molecule has 2 aliphatic rings. The molecule has 44 heavy (non-hydrogen) atoms. The third kappa shape index (κ3) is 11.8. The zero-order chi connectivity index (χ0) is 31.4. The minimum atomic E-state index is -0.972. The molecule has 1 aromatic carbocycles. The summed E-state index contributed by atoms with van der Waals surface area (Å²) in [7, 11) is 1.65. The van der Waals surface area contributed by atoms with E-state index in [0.717, 1.165) is 31.2 Å². The summed E-state index contributed by atoms with van der Waals surface area (Å²) in [5.74, 6) is -0.476. The van der Waals surface area contributed by atoms with E-state index >= 15 is 0 Å². The third-order valence-corrected chi connectivity index (χ3v) is 8.31. The maximum Gasteiger partial charge on any atom is 1.00 e. The first-order valence-corrected chi connectivity index (χ1v) is 15.4. The van der Waals surface area contributed by atoms with Crippen molar-refractivity contribution < 1.29 is 76.7 Å². The van der Waals surface area contributed by atoms with Gasteiger partial charge in [0.15, 0.2) is 0 Å². The van der Waals surface area contributed by atoms with Crippen LogP contribution in [0.1, 0.15) is 66.3 Å². The van der Waals surface area contributed by atoms with Gasteiger partial charge in [0.1, 0.15) is 6.04 Å². The van der Waals surface area contributed by atoms with Crippen molar-refractivity contribution in [3.05, 3.63) is 41.6 Å². The monoisotopic (exact) mass is 640 g/mol. The van der Waals surface area contributed by atoms with Crippen molar-refractivity contribution in [3.63, 3.8) is 0 Å². The van der Waals surface area contributed by atoms with Crippen LogP contribution < -0.4 is 72.8 Å². The standard InChI is InChI=1S/C31H48N7O5.K.H/c1-5-24(17-35-37-31(42)34-16-21-11-13-23(14-12-21)28(39)33-4)36-29(40)26-15-25(43-19-22-9-7-6-8-10-22)18-38(26)30(41)27(32)20(2)3;;/h6-10,17,20-21,23-27,32H,5,11-16,18-19H2,1-4H3,(H,33,39)(H,36,40)(H2,34,37,42);;/q-1;+1;-1/b35-17+;;/t21?,23?,24-,25+,26-,27-;;/m0../s1/i;;1+2. The maximum absolute atomic E-state index is 13.4. The fraction of sp³-hybridized carbons (Fsp3) is 0.645. The largest absolute Gasteiger partial charge is 1.00 e. The van der Waals surface area contributed by atoms with Gasteiger partial charge in [-0.25, -0.2) is 10.2 Å². The van der Waals surface area contributed by atoms with Gasteiger partial charge in [-0.1, -0.05) is 63.1 Å². The van der Waals surface area contributed by atoms with Crippen LogP contribution in [0.15, 0.2) is 35.4 Å². The van der Waals surface area contributed by atoms with Gasteiger partial charge in [0, 0.05) is 38.7 Å². The van der Waals surface area contributed by atoms with Crippen molar-refractivity contribution in [2.75, 3.05) is 20.1 Å². The summed E-state index contributed by atoms with van der Waals surface area (Å²) >= 11 is 0. The molecule has 13 heteroatoms. The SMILES string of the molecule is CC[C@@H](/C=N/NC(=O)NCC1CCC(C(=O)NC)CC1)NC(=O)[C@@H]1C[C@@H](OCc2ccccc2)CN1C(=O)[C@@H]([NH-])C(C)C.[3H-].[K+]. The van der Waals surface area contributed by atoms with Crippen LogP contribution in [0.4, 0.5) is 4.79 Å². The number of ether oxygens (including phenoxy) is 1. The first-order chi connectivity index (χ1) is 20.6. The molecule has 1 aliphatic carbocycles. The molecule has 1 saturated carbocycles. The Balaban J connectivity index is 0.00000506. The van der Waals surface area contributed by atoms with Gasteiger partial charge in [-0.3, -0.25) is 14.4 Å². The van der Waals surface area contributed by atoms with Gasteiger partial charge in [-0.05, 0) is 43.6 Å². The van der Waals surface area contributed by atoms with Gasteiger partial charge in [-0.2, -0.15) is 5.10 Å². The van der Waals surface area contributed by atoms with E-state index < -0.39 is 24.2 Å². The summed E-state index contributed by atoms with van der Waals surface area (Å²) in [6.45, 7) is 6.62. The van der Waals surface area contributed by atoms with Gasteiger partial charge in [0.05, 0.1) is 18.8 Å². The predicted octanol–water partition coefficient (Wildman–Crippen LogP) is 0.0982. The Labute approximate surface area is 305 Å². The Kier molecular flexibility index (Phi) is 17.1. The molecule has 4 atom stereocenters. The number of amides is 5. The van der Waals surface area contributed by atoms with Gasteiger partial charge < -0.3 is 32.7 Å². The van der Waals surface area contributed by atoms with Gasteiger partial charge in [-0.15, -0.1) is 0 Å². The smallest absolute Gasteiger partial charge is 1.00 e. The number of rotatable bonds is 13. The summed E-state index contributed by atoms with van der Waals surface area (Å²) in [5.41, 5.74) is 11.8. The number of nitrogens with one attached hydrogen (secondary N) is 5. The topological polar surface area (TPSA) is 165 Å². The fourth-order valence-electron chi connectivity index (χ4n) is 5.48. The van der Waals surface area contributed by atoms with Crippen LogP contribution in [0.2, 0.25) is 0 Å². The van der Waals surface area contributed by atoms with E-state index in [0.29, 0.717) is 31.9 Å². The molecule has 2 fully saturated rings. The first-order valence-electron chi connectivity index (χ1n) is 15.4. The van der Waals surface area contributed by atoms with Crippen LogP contribution in [-0.4, -0.2) is 79.2 Å². The summed E-state index contributed by atoms with van der Waals surface area (Å²) in [5, 5.41) is 12.5. The van der Waals surface area contributed by atoms with Crippen LogP contribution in [0, 0.1) is 17.8 Å². The molecule has 0 spiro atoms. The second-order valence-corrected chi connectivity index (χ2v) is 11.8. The molecular weight excluding hydrogens is 589 g/mol. The number of carbonyl (C=O) groups is 4. The molecule has 1 aromatic rings. The van der Waals surface area contributed by atoms with Crippen LogP contribution in [0.5, 0.6) is 0 Å². The van der Waals surface area contributed by atoms with Crippen molar-refractivity contribution in [3.8, 4) is 0 Å². The maximum atomic E-state index is 13.4. The van der Waals surface area contributed by atoms with Crippen molar-refractivity contribution >= 4 is 30.0 Å². The number of urea groups is 1. The number of likely N-dealkylation sites (tertiary alicyclic amines) is 1. The molecule has 240 valence electrons. The molecule has 0 unspecified atom stereocenters. The quantitative estimate of drug-likeness (QED) is 0.136. The molecule has 0 radical (unpaired) electrons. The van der Waals surface area contributed by atoms with E-state index in [-0.39, 0.29) is 95.0 Å². The van der Waals surface area contributed by atoms with Gasteiger partial charge in [0.2, 0.25) is 17.7 Å². The number of hydrogen-bond acceptors (Lipinski definition) is 6. The minimum absolute atomic E-state index is 0. The second-order valence-electron chi connectivity index (χ2n) is 11.8. The van der Waals surface area contributed by atoms with Crippen LogP contribution in [0.3, 0.4) is 0 Å². The van der Waals surface area contributed by atoms with Crippen molar-refractivity contribution in [2.45, 2.75) is 90.1 Å². The van der Waals surface area contributed by atoms with Gasteiger partial charge >= 0.3 is 57.4 Å². The molecule has 0 bridgehead atoms. The third-order valence-electron chi connectivity index (χ3n) is 8.31. The molecule has 5 amide bonds. The Bertz CT molecular complexity index is 1110. The van der Waals surface area contributed by atoms with Crippen LogP contribution in [0.25, 0.3) is 5.73 Å². The van der Waals surface area contributed by atoms with E-state index in [1.165, 1.54) is 11.1 Å². The average Bonchev–Trinajstić information content (AvgIpc) is 3.46.